The lowest BCUT2D eigenvalue weighted by Crippen LogP contribution is -2.16. The summed E-state index contributed by atoms with van der Waals surface area (Å²) >= 11 is 0. The number of nitrogens with one attached hydrogen (secondary N) is 1. The summed E-state index contributed by atoms with van der Waals surface area (Å²) in [4.78, 5) is 29.8. The Morgan fingerprint density at radius 1 is 1.40 bits per heavy atom. The van der Waals surface area contributed by atoms with Gasteiger partial charge in [-0.1, -0.05) is 19.8 Å². The molecule has 2 heterocycles. The summed E-state index contributed by atoms with van der Waals surface area (Å²) in [5.74, 6) is -0.128. The van der Waals surface area contributed by atoms with Gasteiger partial charge >= 0.3 is 5.63 Å². The molecule has 0 radical (unpaired) electrons. The molecule has 5 nitrogen and oxygen atoms in total. The van der Waals surface area contributed by atoms with E-state index in [1.807, 2.05) is 0 Å². The van der Waals surface area contributed by atoms with E-state index in [2.05, 4.69) is 16.9 Å². The number of alkyl halides is 1. The highest BCUT2D eigenvalue weighted by Gasteiger charge is 2.15. The lowest BCUT2D eigenvalue weighted by atomic mass is 10.1. The van der Waals surface area contributed by atoms with E-state index in [1.54, 1.807) is 0 Å². The molecule has 1 atom stereocenters. The molecule has 2 rings (SSSR count). The van der Waals surface area contributed by atoms with Crippen LogP contribution in [0, 0.1) is 0 Å². The third-order valence-electron chi connectivity index (χ3n) is 3.14. The molecule has 1 N–H and O–H groups in total. The third-order valence-corrected chi connectivity index (χ3v) is 3.14. The second kappa shape index (κ2) is 5.98. The first-order valence-corrected chi connectivity index (χ1v) is 6.74. The SMILES string of the molecule is CCCCCc1cc(=O)oc2nc(C(C)F)[nH]c(=O)c12. The predicted octanol–water partition coefficient (Wildman–Crippen LogP) is 2.64. The Kier molecular flexibility index (Phi) is 4.32. The van der Waals surface area contributed by atoms with Crippen LogP contribution in [-0.4, -0.2) is 9.97 Å². The molecule has 20 heavy (non-hydrogen) atoms. The second-order valence-electron chi connectivity index (χ2n) is 4.80. The summed E-state index contributed by atoms with van der Waals surface area (Å²) in [6.07, 6.45) is 2.09. The molecule has 2 aromatic heterocycles. The molecule has 108 valence electrons. The lowest BCUT2D eigenvalue weighted by molar-refractivity contribution is 0.355. The average molecular weight is 280 g/mol. The quantitative estimate of drug-likeness (QED) is 0.854. The predicted molar refractivity (Wildman–Crippen MR) is 73.7 cm³/mol. The zero-order chi connectivity index (χ0) is 14.7. The van der Waals surface area contributed by atoms with Gasteiger partial charge in [-0.3, -0.25) is 4.79 Å². The maximum absolute atomic E-state index is 13.2. The van der Waals surface area contributed by atoms with Gasteiger partial charge in [0.05, 0.1) is 0 Å². The van der Waals surface area contributed by atoms with E-state index in [1.165, 1.54) is 13.0 Å². The van der Waals surface area contributed by atoms with Gasteiger partial charge < -0.3 is 9.40 Å². The maximum Gasteiger partial charge on any atom is 0.337 e. The van der Waals surface area contributed by atoms with Crippen molar-refractivity contribution in [2.75, 3.05) is 0 Å². The number of hydrogen-bond donors (Lipinski definition) is 1. The molecule has 0 aromatic carbocycles. The van der Waals surface area contributed by atoms with Crippen molar-refractivity contribution >= 4 is 11.1 Å². The number of aromatic amines is 1. The molecule has 1 unspecified atom stereocenters. The van der Waals surface area contributed by atoms with Gasteiger partial charge in [0, 0.05) is 6.07 Å². The van der Waals surface area contributed by atoms with Crippen LogP contribution in [0.15, 0.2) is 20.1 Å². The number of aromatic nitrogens is 2. The second-order valence-corrected chi connectivity index (χ2v) is 4.80. The van der Waals surface area contributed by atoms with Crippen molar-refractivity contribution < 1.29 is 8.81 Å². The average Bonchev–Trinajstić information content (AvgIpc) is 2.37. The monoisotopic (exact) mass is 280 g/mol. The molecule has 0 fully saturated rings. The molecule has 0 aliphatic carbocycles. The van der Waals surface area contributed by atoms with Gasteiger partial charge in [-0.05, 0) is 25.3 Å². The van der Waals surface area contributed by atoms with Crippen LogP contribution in [0.1, 0.15) is 50.7 Å². The summed E-state index contributed by atoms with van der Waals surface area (Å²) in [6.45, 7) is 3.33. The summed E-state index contributed by atoms with van der Waals surface area (Å²) in [5.41, 5.74) is -0.520. The van der Waals surface area contributed by atoms with E-state index in [-0.39, 0.29) is 16.9 Å². The van der Waals surface area contributed by atoms with Gasteiger partial charge in [0.1, 0.15) is 11.2 Å². The van der Waals surface area contributed by atoms with E-state index in [9.17, 15) is 14.0 Å². The number of H-pyrrole nitrogens is 1. The number of hydrogen-bond acceptors (Lipinski definition) is 4. The molecule has 0 aliphatic rings. The molecular formula is C14H17FN2O3. The molecule has 0 amide bonds. The van der Waals surface area contributed by atoms with Crippen molar-refractivity contribution in [2.45, 2.75) is 45.7 Å². The van der Waals surface area contributed by atoms with Crippen LogP contribution in [0.3, 0.4) is 0 Å². The molecule has 0 saturated heterocycles. The fourth-order valence-electron chi connectivity index (χ4n) is 2.12. The summed E-state index contributed by atoms with van der Waals surface area (Å²) < 4.78 is 18.2. The van der Waals surface area contributed by atoms with Crippen LogP contribution in [-0.2, 0) is 6.42 Å². The molecular weight excluding hydrogens is 263 g/mol. The molecule has 0 aliphatic heterocycles. The van der Waals surface area contributed by atoms with Crippen LogP contribution >= 0.6 is 0 Å². The Labute approximate surface area is 114 Å². The highest BCUT2D eigenvalue weighted by Crippen LogP contribution is 2.17. The van der Waals surface area contributed by atoms with Crippen molar-refractivity contribution in [1.82, 2.24) is 9.97 Å². The standard InChI is InChI=1S/C14H17FN2O3/c1-3-4-5-6-9-7-10(18)20-14-11(9)13(19)16-12(17-14)8(2)15/h7-8H,3-6H2,1-2H3,(H,16,17,19). The zero-order valence-electron chi connectivity index (χ0n) is 11.5. The number of nitrogens with zero attached hydrogens (tertiary/aromatic N) is 1. The Bertz CT molecular complexity index is 718. The summed E-state index contributed by atoms with van der Waals surface area (Å²) in [6, 6.07) is 1.31. The van der Waals surface area contributed by atoms with E-state index >= 15 is 0 Å². The van der Waals surface area contributed by atoms with Crippen molar-refractivity contribution in [3.05, 3.63) is 38.2 Å². The van der Waals surface area contributed by atoms with Crippen LogP contribution < -0.4 is 11.2 Å². The van der Waals surface area contributed by atoms with Gasteiger partial charge in [0.15, 0.2) is 6.17 Å². The number of rotatable bonds is 5. The van der Waals surface area contributed by atoms with Crippen molar-refractivity contribution in [1.29, 1.82) is 0 Å². The molecule has 0 bridgehead atoms. The highest BCUT2D eigenvalue weighted by molar-refractivity contribution is 5.75. The molecule has 6 heteroatoms. The van der Waals surface area contributed by atoms with E-state index in [0.29, 0.717) is 12.0 Å². The van der Waals surface area contributed by atoms with Gasteiger partial charge in [-0.2, -0.15) is 4.98 Å². The van der Waals surface area contributed by atoms with Crippen LogP contribution in [0.2, 0.25) is 0 Å². The van der Waals surface area contributed by atoms with Gasteiger partial charge in [0.25, 0.3) is 5.56 Å². The Balaban J connectivity index is 2.58. The fourth-order valence-corrected chi connectivity index (χ4v) is 2.12. The van der Waals surface area contributed by atoms with Crippen molar-refractivity contribution in [3.63, 3.8) is 0 Å². The van der Waals surface area contributed by atoms with Gasteiger partial charge in [-0.15, -0.1) is 0 Å². The number of halogens is 1. The normalized spacial score (nSPS) is 12.8. The molecule has 0 spiro atoms. The summed E-state index contributed by atoms with van der Waals surface area (Å²) in [5, 5.41) is 0.241. The van der Waals surface area contributed by atoms with Crippen LogP contribution in [0.5, 0.6) is 0 Å². The number of aryl methyl sites for hydroxylation is 1. The summed E-state index contributed by atoms with van der Waals surface area (Å²) in [7, 11) is 0. The van der Waals surface area contributed by atoms with E-state index < -0.39 is 17.4 Å². The van der Waals surface area contributed by atoms with Gasteiger partial charge in [-0.25, -0.2) is 9.18 Å². The third kappa shape index (κ3) is 2.95. The minimum absolute atomic E-state index is 0.0905. The zero-order valence-corrected chi connectivity index (χ0v) is 11.5. The van der Waals surface area contributed by atoms with Crippen molar-refractivity contribution in [3.8, 4) is 0 Å². The van der Waals surface area contributed by atoms with Crippen LogP contribution in [0.25, 0.3) is 11.1 Å². The molecule has 0 saturated carbocycles. The first kappa shape index (κ1) is 14.4. The highest BCUT2D eigenvalue weighted by atomic mass is 19.1. The smallest absolute Gasteiger partial charge is 0.337 e. The topological polar surface area (TPSA) is 76.0 Å². The Morgan fingerprint density at radius 2 is 2.15 bits per heavy atom. The Hall–Kier alpha value is -1.98. The largest absolute Gasteiger partial charge is 0.403 e. The maximum atomic E-state index is 13.2. The van der Waals surface area contributed by atoms with Crippen molar-refractivity contribution in [2.24, 2.45) is 0 Å². The first-order valence-electron chi connectivity index (χ1n) is 6.74. The van der Waals surface area contributed by atoms with Gasteiger partial charge in [0.2, 0.25) is 5.71 Å². The fraction of sp³-hybridized carbons (Fsp3) is 0.500. The van der Waals surface area contributed by atoms with Crippen LogP contribution in [0.4, 0.5) is 4.39 Å². The number of unbranched alkanes of at least 4 members (excludes halogenated alkanes) is 2. The Morgan fingerprint density at radius 3 is 2.80 bits per heavy atom. The minimum atomic E-state index is -1.43. The minimum Gasteiger partial charge on any atom is -0.403 e. The van der Waals surface area contributed by atoms with E-state index in [0.717, 1.165) is 19.3 Å². The number of fused-ring (bicyclic) bond motifs is 1. The first-order chi connectivity index (χ1) is 9.52. The van der Waals surface area contributed by atoms with E-state index in [4.69, 9.17) is 4.42 Å². The lowest BCUT2D eigenvalue weighted by Gasteiger charge is -2.06. The molecule has 2 aromatic rings.